The van der Waals surface area contributed by atoms with Gasteiger partial charge in [0.25, 0.3) is 5.69 Å². The molecule has 2 aromatic rings. The molecule has 2 amide bonds. The van der Waals surface area contributed by atoms with E-state index in [1.165, 1.54) is 23.5 Å². The van der Waals surface area contributed by atoms with Gasteiger partial charge in [-0.2, -0.15) is 0 Å². The molecule has 0 spiro atoms. The Bertz CT molecular complexity index is 687. The van der Waals surface area contributed by atoms with Crippen molar-refractivity contribution < 1.29 is 9.72 Å². The number of nitro benzene ring substituents is 1. The third-order valence-electron chi connectivity index (χ3n) is 2.70. The second-order valence-electron chi connectivity index (χ2n) is 4.27. The van der Waals surface area contributed by atoms with Crippen molar-refractivity contribution >= 4 is 40.3 Å². The summed E-state index contributed by atoms with van der Waals surface area (Å²) in [7, 11) is 0. The number of nitrogens with one attached hydrogen (secondary N) is 2. The predicted octanol–water partition coefficient (Wildman–Crippen LogP) is 3.94. The third-order valence-corrected chi connectivity index (χ3v) is 3.93. The molecule has 2 N–H and O–H groups in total. The summed E-state index contributed by atoms with van der Waals surface area (Å²) in [5.74, 6) is 0. The number of hydrogen-bond donors (Lipinski definition) is 2. The quantitative estimate of drug-likeness (QED) is 0.659. The first-order valence-corrected chi connectivity index (χ1v) is 7.19. The van der Waals surface area contributed by atoms with Gasteiger partial charge in [-0.3, -0.25) is 10.1 Å². The second kappa shape index (κ2) is 6.55. The molecule has 0 unspecified atom stereocenters. The van der Waals surface area contributed by atoms with Gasteiger partial charge in [0.2, 0.25) is 0 Å². The zero-order chi connectivity index (χ0) is 15.4. The normalized spacial score (nSPS) is 10.2. The van der Waals surface area contributed by atoms with E-state index < -0.39 is 4.92 Å². The Morgan fingerprint density at radius 1 is 1.38 bits per heavy atom. The molecule has 8 heteroatoms. The number of urea groups is 1. The van der Waals surface area contributed by atoms with Gasteiger partial charge < -0.3 is 10.6 Å². The minimum Gasteiger partial charge on any atom is -0.333 e. The Hall–Kier alpha value is -2.12. The Labute approximate surface area is 129 Å². The van der Waals surface area contributed by atoms with Crippen molar-refractivity contribution in [3.63, 3.8) is 0 Å². The Morgan fingerprint density at radius 3 is 2.71 bits per heavy atom. The summed E-state index contributed by atoms with van der Waals surface area (Å²) < 4.78 is 0.665. The smallest absolute Gasteiger partial charge is 0.319 e. The number of carbonyl (C=O) groups excluding carboxylic acids is 1. The molecule has 0 saturated heterocycles. The zero-order valence-electron chi connectivity index (χ0n) is 11.1. The van der Waals surface area contributed by atoms with E-state index in [2.05, 4.69) is 10.6 Å². The highest BCUT2D eigenvalue weighted by Crippen LogP contribution is 2.22. The van der Waals surface area contributed by atoms with Gasteiger partial charge in [-0.25, -0.2) is 4.79 Å². The highest BCUT2D eigenvalue weighted by molar-refractivity contribution is 7.16. The van der Waals surface area contributed by atoms with Crippen molar-refractivity contribution in [1.29, 1.82) is 0 Å². The van der Waals surface area contributed by atoms with Crippen molar-refractivity contribution in [3.05, 3.63) is 55.2 Å². The summed E-state index contributed by atoms with van der Waals surface area (Å²) in [5, 5.41) is 16.0. The van der Waals surface area contributed by atoms with Crippen LogP contribution in [0.15, 0.2) is 30.3 Å². The number of carbonyl (C=O) groups is 1. The number of nitro groups is 1. The standard InChI is InChI=1S/C13H12ClN3O3S/c1-8-6-9(2-4-11(8)17(19)20)16-13(18)15-7-10-3-5-12(14)21-10/h2-6H,7H2,1H3,(H2,15,16,18). The summed E-state index contributed by atoms with van der Waals surface area (Å²) in [4.78, 5) is 22.9. The molecule has 0 fully saturated rings. The fourth-order valence-electron chi connectivity index (χ4n) is 1.73. The SMILES string of the molecule is Cc1cc(NC(=O)NCc2ccc(Cl)s2)ccc1[N+](=O)[O-]. The molecular weight excluding hydrogens is 314 g/mol. The summed E-state index contributed by atoms with van der Waals surface area (Å²) in [5.41, 5.74) is 1.01. The maximum Gasteiger partial charge on any atom is 0.319 e. The Balaban J connectivity index is 1.93. The number of benzene rings is 1. The van der Waals surface area contributed by atoms with Gasteiger partial charge in [-0.15, -0.1) is 11.3 Å². The number of amides is 2. The largest absolute Gasteiger partial charge is 0.333 e. The molecule has 0 atom stereocenters. The number of halogens is 1. The number of nitrogens with zero attached hydrogens (tertiary/aromatic N) is 1. The van der Waals surface area contributed by atoms with Crippen LogP contribution in [0.5, 0.6) is 0 Å². The van der Waals surface area contributed by atoms with Crippen LogP contribution in [0.2, 0.25) is 4.34 Å². The number of rotatable bonds is 4. The topological polar surface area (TPSA) is 84.3 Å². The first kappa shape index (κ1) is 15.3. The van der Waals surface area contributed by atoms with Crippen molar-refractivity contribution in [3.8, 4) is 0 Å². The Kier molecular flexibility index (Phi) is 4.77. The van der Waals surface area contributed by atoms with E-state index in [-0.39, 0.29) is 11.7 Å². The number of thiophene rings is 1. The van der Waals surface area contributed by atoms with Gasteiger partial charge in [-0.1, -0.05) is 11.6 Å². The molecule has 6 nitrogen and oxygen atoms in total. The maximum atomic E-state index is 11.7. The molecule has 0 saturated carbocycles. The monoisotopic (exact) mass is 325 g/mol. The van der Waals surface area contributed by atoms with E-state index in [1.807, 2.05) is 6.07 Å². The van der Waals surface area contributed by atoms with Crippen LogP contribution in [0.25, 0.3) is 0 Å². The minimum atomic E-state index is -0.459. The summed E-state index contributed by atoms with van der Waals surface area (Å²) >= 11 is 7.19. The van der Waals surface area contributed by atoms with Gasteiger partial charge in [-0.05, 0) is 31.2 Å². The molecular formula is C13H12ClN3O3S. The lowest BCUT2D eigenvalue weighted by Crippen LogP contribution is -2.27. The van der Waals surface area contributed by atoms with Gasteiger partial charge in [0.15, 0.2) is 0 Å². The lowest BCUT2D eigenvalue weighted by atomic mass is 10.2. The molecule has 1 aromatic carbocycles. The van der Waals surface area contributed by atoms with Crippen LogP contribution in [0, 0.1) is 17.0 Å². The van der Waals surface area contributed by atoms with E-state index in [4.69, 9.17) is 11.6 Å². The van der Waals surface area contributed by atoms with E-state index in [0.29, 0.717) is 22.1 Å². The van der Waals surface area contributed by atoms with Gasteiger partial charge in [0, 0.05) is 22.2 Å². The number of anilines is 1. The molecule has 1 aromatic heterocycles. The highest BCUT2D eigenvalue weighted by Gasteiger charge is 2.11. The number of hydrogen-bond acceptors (Lipinski definition) is 4. The molecule has 0 bridgehead atoms. The average molecular weight is 326 g/mol. The van der Waals surface area contributed by atoms with Crippen LogP contribution in [0.3, 0.4) is 0 Å². The lowest BCUT2D eigenvalue weighted by Gasteiger charge is -2.07. The lowest BCUT2D eigenvalue weighted by molar-refractivity contribution is -0.385. The second-order valence-corrected chi connectivity index (χ2v) is 6.07. The van der Waals surface area contributed by atoms with E-state index in [0.717, 1.165) is 4.88 Å². The van der Waals surface area contributed by atoms with Crippen molar-refractivity contribution in [2.45, 2.75) is 13.5 Å². The highest BCUT2D eigenvalue weighted by atomic mass is 35.5. The van der Waals surface area contributed by atoms with E-state index >= 15 is 0 Å². The molecule has 0 aliphatic rings. The number of aryl methyl sites for hydroxylation is 1. The third kappa shape index (κ3) is 4.17. The summed E-state index contributed by atoms with van der Waals surface area (Å²) in [6.07, 6.45) is 0. The first-order valence-electron chi connectivity index (χ1n) is 6.00. The van der Waals surface area contributed by atoms with E-state index in [9.17, 15) is 14.9 Å². The van der Waals surface area contributed by atoms with Crippen LogP contribution in [0.4, 0.5) is 16.2 Å². The zero-order valence-corrected chi connectivity index (χ0v) is 12.6. The van der Waals surface area contributed by atoms with Crippen LogP contribution < -0.4 is 10.6 Å². The molecule has 2 rings (SSSR count). The van der Waals surface area contributed by atoms with Gasteiger partial charge in [0.05, 0.1) is 15.8 Å². The van der Waals surface area contributed by atoms with Gasteiger partial charge >= 0.3 is 6.03 Å². The maximum absolute atomic E-state index is 11.7. The average Bonchev–Trinajstić information content (AvgIpc) is 2.82. The first-order chi connectivity index (χ1) is 9.95. The minimum absolute atomic E-state index is 0.0224. The van der Waals surface area contributed by atoms with Crippen LogP contribution in [-0.4, -0.2) is 11.0 Å². The van der Waals surface area contributed by atoms with Crippen LogP contribution >= 0.6 is 22.9 Å². The van der Waals surface area contributed by atoms with E-state index in [1.54, 1.807) is 19.1 Å². The van der Waals surface area contributed by atoms with Crippen molar-refractivity contribution in [2.75, 3.05) is 5.32 Å². The van der Waals surface area contributed by atoms with Crippen LogP contribution in [-0.2, 0) is 6.54 Å². The van der Waals surface area contributed by atoms with Crippen LogP contribution in [0.1, 0.15) is 10.4 Å². The fourth-order valence-corrected chi connectivity index (χ4v) is 2.75. The van der Waals surface area contributed by atoms with Gasteiger partial charge in [0.1, 0.15) is 0 Å². The molecule has 0 radical (unpaired) electrons. The molecule has 0 aliphatic carbocycles. The summed E-state index contributed by atoms with van der Waals surface area (Å²) in [6.45, 7) is 1.99. The predicted molar refractivity (Wildman–Crippen MR) is 83.0 cm³/mol. The molecule has 21 heavy (non-hydrogen) atoms. The molecule has 110 valence electrons. The Morgan fingerprint density at radius 2 is 2.14 bits per heavy atom. The fraction of sp³-hybridized carbons (Fsp3) is 0.154. The van der Waals surface area contributed by atoms with Crippen molar-refractivity contribution in [2.24, 2.45) is 0 Å². The van der Waals surface area contributed by atoms with Crippen molar-refractivity contribution in [1.82, 2.24) is 5.32 Å². The molecule has 0 aliphatic heterocycles. The molecule has 1 heterocycles. The summed E-state index contributed by atoms with van der Waals surface area (Å²) in [6, 6.07) is 7.63.